The highest BCUT2D eigenvalue weighted by molar-refractivity contribution is 6.03. The quantitative estimate of drug-likeness (QED) is 0.609. The molecule has 0 saturated heterocycles. The molecule has 0 aliphatic heterocycles. The van der Waals surface area contributed by atoms with Crippen LogP contribution in [0.5, 0.6) is 0 Å². The summed E-state index contributed by atoms with van der Waals surface area (Å²) in [4.78, 5) is 29.3. The maximum Gasteiger partial charge on any atom is 0.339 e. The lowest BCUT2D eigenvalue weighted by atomic mass is 10.1. The number of amides is 1. The third-order valence-corrected chi connectivity index (χ3v) is 4.43. The first-order valence-electron chi connectivity index (χ1n) is 9.47. The van der Waals surface area contributed by atoms with Gasteiger partial charge in [-0.15, -0.1) is 0 Å². The predicted molar refractivity (Wildman–Crippen MR) is 107 cm³/mol. The second-order valence-corrected chi connectivity index (χ2v) is 7.42. The predicted octanol–water partition coefficient (Wildman–Crippen LogP) is 4.21. The van der Waals surface area contributed by atoms with Gasteiger partial charge in [0.1, 0.15) is 11.6 Å². The third kappa shape index (κ3) is 4.45. The Bertz CT molecular complexity index is 1110. The van der Waals surface area contributed by atoms with Crippen molar-refractivity contribution >= 4 is 28.6 Å². The number of anilines is 1. The van der Waals surface area contributed by atoms with Crippen LogP contribution >= 0.6 is 0 Å². The highest BCUT2D eigenvalue weighted by Crippen LogP contribution is 2.25. The van der Waals surface area contributed by atoms with Crippen LogP contribution in [0.15, 0.2) is 30.5 Å². The number of hydrogen-bond acceptors (Lipinski definition) is 5. The van der Waals surface area contributed by atoms with E-state index in [1.54, 1.807) is 10.7 Å². The molecule has 3 aromatic rings. The van der Waals surface area contributed by atoms with Crippen LogP contribution in [0.1, 0.15) is 55.7 Å². The summed E-state index contributed by atoms with van der Waals surface area (Å²) in [6.45, 7) is 7.17. The van der Waals surface area contributed by atoms with E-state index in [-0.39, 0.29) is 23.2 Å². The lowest BCUT2D eigenvalue weighted by molar-refractivity contribution is -0.119. The number of fused-ring (bicyclic) bond motifs is 1. The average Bonchev–Trinajstić information content (AvgIpc) is 3.11. The molecule has 0 unspecified atom stereocenters. The van der Waals surface area contributed by atoms with E-state index in [0.29, 0.717) is 22.8 Å². The molecule has 158 valence electrons. The topological polar surface area (TPSA) is 86.1 Å². The summed E-state index contributed by atoms with van der Waals surface area (Å²) in [6, 6.07) is 4.41. The fourth-order valence-corrected chi connectivity index (χ4v) is 2.87. The summed E-state index contributed by atoms with van der Waals surface area (Å²) in [5.41, 5.74) is 1.29. The number of hydrogen-bond donors (Lipinski definition) is 1. The zero-order chi connectivity index (χ0) is 22.0. The fraction of sp³-hybridized carbons (Fsp3) is 0.333. The molecule has 30 heavy (non-hydrogen) atoms. The van der Waals surface area contributed by atoms with Gasteiger partial charge in [-0.05, 0) is 38.0 Å². The van der Waals surface area contributed by atoms with E-state index in [0.717, 1.165) is 12.1 Å². The Hall–Kier alpha value is -3.36. The molecule has 7 nitrogen and oxygen atoms in total. The number of pyridine rings is 1. The average molecular weight is 416 g/mol. The summed E-state index contributed by atoms with van der Waals surface area (Å²) in [6.07, 6.45) is 1.54. The van der Waals surface area contributed by atoms with E-state index in [4.69, 9.17) is 4.74 Å². The molecule has 0 fully saturated rings. The van der Waals surface area contributed by atoms with E-state index >= 15 is 0 Å². The molecule has 0 aliphatic rings. The first kappa shape index (κ1) is 21.4. The molecule has 1 aromatic carbocycles. The number of nitrogens with one attached hydrogen (secondary N) is 1. The minimum absolute atomic E-state index is 0.0395. The number of rotatable bonds is 6. The van der Waals surface area contributed by atoms with Crippen molar-refractivity contribution < 1.29 is 23.1 Å². The van der Waals surface area contributed by atoms with Gasteiger partial charge < -0.3 is 10.1 Å². The summed E-state index contributed by atoms with van der Waals surface area (Å²) < 4.78 is 33.5. The van der Waals surface area contributed by atoms with E-state index in [9.17, 15) is 18.4 Å². The van der Waals surface area contributed by atoms with Crippen LogP contribution in [0.3, 0.4) is 0 Å². The zero-order valence-corrected chi connectivity index (χ0v) is 17.1. The minimum atomic E-state index is -0.923. The lowest BCUT2D eigenvalue weighted by Gasteiger charge is -2.12. The van der Waals surface area contributed by atoms with Gasteiger partial charge in [0.25, 0.3) is 5.91 Å². The number of ether oxygens (including phenoxy) is 1. The Labute approximate surface area is 172 Å². The molecule has 0 bridgehead atoms. The Morgan fingerprint density at radius 2 is 1.90 bits per heavy atom. The molecule has 0 aliphatic carbocycles. The second-order valence-electron chi connectivity index (χ2n) is 7.42. The maximum absolute atomic E-state index is 13.7. The molecule has 0 atom stereocenters. The number of nitrogens with zero attached hydrogens (tertiary/aromatic N) is 3. The zero-order valence-electron chi connectivity index (χ0n) is 17.1. The molecule has 0 spiro atoms. The van der Waals surface area contributed by atoms with Crippen molar-refractivity contribution in [3.63, 3.8) is 0 Å². The fourth-order valence-electron chi connectivity index (χ4n) is 2.87. The van der Waals surface area contributed by atoms with Crippen molar-refractivity contribution in [1.82, 2.24) is 14.8 Å². The van der Waals surface area contributed by atoms with Crippen molar-refractivity contribution in [2.24, 2.45) is 0 Å². The monoisotopic (exact) mass is 416 g/mol. The smallest absolute Gasteiger partial charge is 0.339 e. The number of halogens is 2. The maximum atomic E-state index is 13.7. The van der Waals surface area contributed by atoms with Gasteiger partial charge in [0.15, 0.2) is 12.3 Å². The van der Waals surface area contributed by atoms with Crippen molar-refractivity contribution in [1.29, 1.82) is 0 Å². The van der Waals surface area contributed by atoms with Crippen LogP contribution in [-0.4, -0.2) is 33.2 Å². The van der Waals surface area contributed by atoms with E-state index < -0.39 is 30.1 Å². The van der Waals surface area contributed by atoms with Crippen LogP contribution in [0, 0.1) is 11.6 Å². The van der Waals surface area contributed by atoms with Gasteiger partial charge in [0.2, 0.25) is 0 Å². The minimum Gasteiger partial charge on any atom is -0.452 e. The number of aromatic nitrogens is 3. The van der Waals surface area contributed by atoms with Gasteiger partial charge in [-0.1, -0.05) is 13.8 Å². The molecule has 3 rings (SSSR count). The second kappa shape index (κ2) is 8.56. The van der Waals surface area contributed by atoms with Gasteiger partial charge in [-0.2, -0.15) is 5.10 Å². The van der Waals surface area contributed by atoms with Crippen LogP contribution in [-0.2, 0) is 9.53 Å². The normalized spacial score (nSPS) is 11.3. The van der Waals surface area contributed by atoms with Crippen LogP contribution < -0.4 is 5.32 Å². The number of benzene rings is 1. The van der Waals surface area contributed by atoms with Crippen LogP contribution in [0.2, 0.25) is 0 Å². The molecular formula is C21H22F2N4O3. The largest absolute Gasteiger partial charge is 0.452 e. The molecule has 0 radical (unpaired) electrons. The Morgan fingerprint density at radius 3 is 2.53 bits per heavy atom. The molecule has 0 saturated carbocycles. The van der Waals surface area contributed by atoms with E-state index in [1.165, 1.54) is 6.20 Å². The van der Waals surface area contributed by atoms with Gasteiger partial charge >= 0.3 is 5.97 Å². The number of carbonyl (C=O) groups is 2. The number of carbonyl (C=O) groups excluding carboxylic acids is 2. The molecular weight excluding hydrogens is 394 g/mol. The molecule has 2 aromatic heterocycles. The summed E-state index contributed by atoms with van der Waals surface area (Å²) in [7, 11) is 0. The Morgan fingerprint density at radius 1 is 1.17 bits per heavy atom. The van der Waals surface area contributed by atoms with Crippen LogP contribution in [0.4, 0.5) is 14.5 Å². The van der Waals surface area contributed by atoms with Gasteiger partial charge in [0.05, 0.1) is 22.8 Å². The third-order valence-electron chi connectivity index (χ3n) is 4.43. The molecule has 1 amide bonds. The highest BCUT2D eigenvalue weighted by atomic mass is 19.1. The van der Waals surface area contributed by atoms with Crippen molar-refractivity contribution in [2.45, 2.75) is 39.7 Å². The lowest BCUT2D eigenvalue weighted by Crippen LogP contribution is -2.21. The Kier molecular flexibility index (Phi) is 6.09. The molecule has 2 heterocycles. The Balaban J connectivity index is 1.80. The SMILES string of the molecule is CC(C)c1cc(C(=O)OCC(=O)Nc2ccc(F)cc2F)c2cnn(C(C)C)c2n1. The van der Waals surface area contributed by atoms with Crippen molar-refractivity contribution in [2.75, 3.05) is 11.9 Å². The highest BCUT2D eigenvalue weighted by Gasteiger charge is 2.21. The van der Waals surface area contributed by atoms with E-state index in [2.05, 4.69) is 15.4 Å². The van der Waals surface area contributed by atoms with Gasteiger partial charge in [-0.3, -0.25) is 4.79 Å². The summed E-state index contributed by atoms with van der Waals surface area (Å²) in [5.74, 6) is -3.10. The van der Waals surface area contributed by atoms with Crippen molar-refractivity contribution in [3.8, 4) is 0 Å². The summed E-state index contributed by atoms with van der Waals surface area (Å²) in [5, 5.41) is 7.06. The molecule has 9 heteroatoms. The first-order chi connectivity index (χ1) is 14.2. The summed E-state index contributed by atoms with van der Waals surface area (Å²) >= 11 is 0. The van der Waals surface area contributed by atoms with Gasteiger partial charge in [0, 0.05) is 17.8 Å². The standard InChI is InChI=1S/C21H22F2N4O3/c1-11(2)18-8-14(15-9-24-27(12(3)4)20(15)26-18)21(29)30-10-19(28)25-17-6-5-13(22)7-16(17)23/h5-9,11-12H,10H2,1-4H3,(H,25,28). The van der Waals surface area contributed by atoms with Crippen LogP contribution in [0.25, 0.3) is 11.0 Å². The van der Waals surface area contributed by atoms with E-state index in [1.807, 2.05) is 27.7 Å². The molecule has 1 N–H and O–H groups in total. The first-order valence-corrected chi connectivity index (χ1v) is 9.47. The van der Waals surface area contributed by atoms with Gasteiger partial charge in [-0.25, -0.2) is 23.2 Å². The van der Waals surface area contributed by atoms with Crippen molar-refractivity contribution in [3.05, 3.63) is 53.4 Å². The number of esters is 1.